The third-order valence-corrected chi connectivity index (χ3v) is 4.77. The van der Waals surface area contributed by atoms with Gasteiger partial charge in [0.15, 0.2) is 0 Å². The summed E-state index contributed by atoms with van der Waals surface area (Å²) in [5.74, 6) is 1.55. The molecule has 0 unspecified atom stereocenters. The van der Waals surface area contributed by atoms with Crippen molar-refractivity contribution in [1.29, 1.82) is 0 Å². The number of carbonyl (C=O) groups is 1. The lowest BCUT2D eigenvalue weighted by Gasteiger charge is -2.11. The number of benzene rings is 2. The van der Waals surface area contributed by atoms with Crippen molar-refractivity contribution in [3.8, 4) is 0 Å². The Labute approximate surface area is 190 Å². The van der Waals surface area contributed by atoms with Crippen molar-refractivity contribution in [3.63, 3.8) is 0 Å². The lowest BCUT2D eigenvalue weighted by molar-refractivity contribution is 0.102. The highest BCUT2D eigenvalue weighted by Crippen LogP contribution is 2.22. The van der Waals surface area contributed by atoms with E-state index in [0.717, 1.165) is 16.1 Å². The molecule has 33 heavy (non-hydrogen) atoms. The predicted molar refractivity (Wildman–Crippen MR) is 128 cm³/mol. The van der Waals surface area contributed by atoms with Crippen molar-refractivity contribution in [3.05, 3.63) is 94.2 Å². The molecule has 0 aliphatic carbocycles. The molecular formula is C24H23N7O2. The zero-order chi connectivity index (χ0) is 23.4. The SMILES string of the molecule is Cc1ccc(Nc2cc(Nc3ccc(NC(=O)c4ccc(=O)n(C)n4)cc3)nc(C)n2)cc1. The van der Waals surface area contributed by atoms with Crippen LogP contribution < -0.4 is 21.5 Å². The molecule has 9 heteroatoms. The molecule has 0 aliphatic heterocycles. The summed E-state index contributed by atoms with van der Waals surface area (Å²) in [6.45, 7) is 3.87. The maximum Gasteiger partial charge on any atom is 0.276 e. The standard InChI is InChI=1S/C24H23N7O2/c1-15-4-6-17(7-5-15)27-21-14-22(26-16(2)25-21)28-18-8-10-19(11-9-18)29-24(33)20-12-13-23(32)31(3)30-20/h4-14H,1-3H3,(H,29,33)(H2,25,26,27,28). The minimum atomic E-state index is -0.399. The van der Waals surface area contributed by atoms with Crippen molar-refractivity contribution in [2.24, 2.45) is 7.05 Å². The second kappa shape index (κ2) is 9.31. The van der Waals surface area contributed by atoms with E-state index in [9.17, 15) is 9.59 Å². The molecule has 166 valence electrons. The second-order valence-electron chi connectivity index (χ2n) is 7.51. The van der Waals surface area contributed by atoms with Crippen molar-refractivity contribution in [1.82, 2.24) is 19.7 Å². The maximum absolute atomic E-state index is 12.4. The summed E-state index contributed by atoms with van der Waals surface area (Å²) >= 11 is 0. The molecular weight excluding hydrogens is 418 g/mol. The number of anilines is 5. The lowest BCUT2D eigenvalue weighted by Crippen LogP contribution is -2.23. The number of nitrogens with zero attached hydrogens (tertiary/aromatic N) is 4. The van der Waals surface area contributed by atoms with Gasteiger partial charge in [-0.15, -0.1) is 0 Å². The highest BCUT2D eigenvalue weighted by Gasteiger charge is 2.09. The molecule has 1 amide bonds. The first kappa shape index (κ1) is 21.7. The van der Waals surface area contributed by atoms with Gasteiger partial charge in [0.25, 0.3) is 11.5 Å². The molecule has 2 aromatic heterocycles. The average molecular weight is 441 g/mol. The van der Waals surface area contributed by atoms with Crippen LogP contribution in [0.2, 0.25) is 0 Å². The van der Waals surface area contributed by atoms with E-state index < -0.39 is 5.91 Å². The molecule has 3 N–H and O–H groups in total. The Morgan fingerprint density at radius 3 is 1.91 bits per heavy atom. The number of hydrogen-bond acceptors (Lipinski definition) is 7. The van der Waals surface area contributed by atoms with E-state index in [1.54, 1.807) is 12.1 Å². The highest BCUT2D eigenvalue weighted by atomic mass is 16.2. The average Bonchev–Trinajstić information content (AvgIpc) is 2.78. The van der Waals surface area contributed by atoms with Gasteiger partial charge < -0.3 is 16.0 Å². The highest BCUT2D eigenvalue weighted by molar-refractivity contribution is 6.02. The van der Waals surface area contributed by atoms with Gasteiger partial charge >= 0.3 is 0 Å². The first-order valence-corrected chi connectivity index (χ1v) is 10.3. The molecule has 2 aromatic carbocycles. The Kier molecular flexibility index (Phi) is 6.12. The van der Waals surface area contributed by atoms with Crippen molar-refractivity contribution >= 4 is 34.6 Å². The molecule has 0 aliphatic rings. The van der Waals surface area contributed by atoms with Gasteiger partial charge in [0.05, 0.1) is 0 Å². The van der Waals surface area contributed by atoms with Crippen LogP contribution in [-0.4, -0.2) is 25.7 Å². The van der Waals surface area contributed by atoms with Gasteiger partial charge in [0, 0.05) is 36.2 Å². The summed E-state index contributed by atoms with van der Waals surface area (Å²) in [7, 11) is 1.50. The normalized spacial score (nSPS) is 10.5. The largest absolute Gasteiger partial charge is 0.340 e. The second-order valence-corrected chi connectivity index (χ2v) is 7.51. The molecule has 0 spiro atoms. The Morgan fingerprint density at radius 1 is 0.788 bits per heavy atom. The number of aryl methyl sites for hydroxylation is 3. The molecule has 0 bridgehead atoms. The van der Waals surface area contributed by atoms with Crippen LogP contribution in [0.15, 0.2) is 71.5 Å². The van der Waals surface area contributed by atoms with Gasteiger partial charge in [-0.05, 0) is 56.3 Å². The summed E-state index contributed by atoms with van der Waals surface area (Å²) in [6, 6.07) is 19.8. The molecule has 0 saturated carbocycles. The van der Waals surface area contributed by atoms with Gasteiger partial charge in [-0.1, -0.05) is 17.7 Å². The third-order valence-electron chi connectivity index (χ3n) is 4.77. The molecule has 4 aromatic rings. The number of carbonyl (C=O) groups excluding carboxylic acids is 1. The topological polar surface area (TPSA) is 114 Å². The van der Waals surface area contributed by atoms with E-state index >= 15 is 0 Å². The molecule has 0 atom stereocenters. The molecule has 2 heterocycles. The van der Waals surface area contributed by atoms with Crippen LogP contribution in [0.25, 0.3) is 0 Å². The Balaban J connectivity index is 1.43. The number of amides is 1. The zero-order valence-corrected chi connectivity index (χ0v) is 18.5. The van der Waals surface area contributed by atoms with Gasteiger partial charge in [0.1, 0.15) is 23.2 Å². The third kappa shape index (κ3) is 5.59. The monoisotopic (exact) mass is 441 g/mol. The van der Waals surface area contributed by atoms with E-state index in [-0.39, 0.29) is 11.3 Å². The lowest BCUT2D eigenvalue weighted by atomic mass is 10.2. The summed E-state index contributed by atoms with van der Waals surface area (Å²) in [4.78, 5) is 32.7. The van der Waals surface area contributed by atoms with Crippen LogP contribution in [0.1, 0.15) is 21.9 Å². The van der Waals surface area contributed by atoms with Crippen LogP contribution in [0.3, 0.4) is 0 Å². The van der Waals surface area contributed by atoms with Crippen LogP contribution in [-0.2, 0) is 7.05 Å². The molecule has 0 saturated heterocycles. The Morgan fingerprint density at radius 2 is 1.33 bits per heavy atom. The minimum Gasteiger partial charge on any atom is -0.340 e. The van der Waals surface area contributed by atoms with Crippen LogP contribution in [0.4, 0.5) is 28.7 Å². The fourth-order valence-electron chi connectivity index (χ4n) is 3.08. The summed E-state index contributed by atoms with van der Waals surface area (Å²) < 4.78 is 1.12. The maximum atomic E-state index is 12.4. The van der Waals surface area contributed by atoms with Gasteiger partial charge in [-0.2, -0.15) is 5.10 Å². The smallest absolute Gasteiger partial charge is 0.276 e. The van der Waals surface area contributed by atoms with Crippen molar-refractivity contribution in [2.45, 2.75) is 13.8 Å². The van der Waals surface area contributed by atoms with Crippen LogP contribution >= 0.6 is 0 Å². The van der Waals surface area contributed by atoms with Crippen molar-refractivity contribution in [2.75, 3.05) is 16.0 Å². The number of nitrogens with one attached hydrogen (secondary N) is 3. The first-order valence-electron chi connectivity index (χ1n) is 10.3. The molecule has 9 nitrogen and oxygen atoms in total. The summed E-state index contributed by atoms with van der Waals surface area (Å²) in [5, 5.41) is 13.3. The predicted octanol–water partition coefficient (Wildman–Crippen LogP) is 3.93. The number of aromatic nitrogens is 4. The number of hydrogen-bond donors (Lipinski definition) is 3. The molecule has 4 rings (SSSR count). The quantitative estimate of drug-likeness (QED) is 0.415. The van der Waals surface area contributed by atoms with Crippen LogP contribution in [0, 0.1) is 13.8 Å². The van der Waals surface area contributed by atoms with E-state index in [4.69, 9.17) is 0 Å². The zero-order valence-electron chi connectivity index (χ0n) is 18.5. The van der Waals surface area contributed by atoms with E-state index in [2.05, 4.69) is 31.0 Å². The van der Waals surface area contributed by atoms with Crippen molar-refractivity contribution < 1.29 is 4.79 Å². The number of rotatable bonds is 6. The molecule has 0 radical (unpaired) electrons. The van der Waals surface area contributed by atoms with Gasteiger partial charge in [0.2, 0.25) is 0 Å². The van der Waals surface area contributed by atoms with E-state index in [1.807, 2.05) is 56.3 Å². The van der Waals surface area contributed by atoms with E-state index in [0.29, 0.717) is 23.1 Å². The molecule has 0 fully saturated rings. The fraction of sp³-hybridized carbons (Fsp3) is 0.125. The summed E-state index contributed by atoms with van der Waals surface area (Å²) in [6.07, 6.45) is 0. The first-order chi connectivity index (χ1) is 15.9. The minimum absolute atomic E-state index is 0.157. The van der Waals surface area contributed by atoms with Gasteiger partial charge in [-0.25, -0.2) is 14.6 Å². The summed E-state index contributed by atoms with van der Waals surface area (Å²) in [5.41, 5.74) is 3.41. The Hall–Kier alpha value is -4.53. The van der Waals surface area contributed by atoms with Crippen LogP contribution in [0.5, 0.6) is 0 Å². The fourth-order valence-corrected chi connectivity index (χ4v) is 3.08. The Bertz CT molecular complexity index is 1350. The van der Waals surface area contributed by atoms with E-state index in [1.165, 1.54) is 24.7 Å². The van der Waals surface area contributed by atoms with Gasteiger partial charge in [-0.3, -0.25) is 9.59 Å².